The molecular formula is C21H23Cl2F3NO4P. The zero-order valence-corrected chi connectivity index (χ0v) is 19.4. The lowest BCUT2D eigenvalue weighted by Gasteiger charge is -2.25. The summed E-state index contributed by atoms with van der Waals surface area (Å²) in [6, 6.07) is 9.01. The Morgan fingerprint density at radius 3 is 2.53 bits per heavy atom. The summed E-state index contributed by atoms with van der Waals surface area (Å²) in [4.78, 5) is 0. The van der Waals surface area contributed by atoms with Gasteiger partial charge in [0.25, 0.3) is 0 Å². The number of hydrogen-bond donors (Lipinski definition) is 2. The van der Waals surface area contributed by atoms with Gasteiger partial charge in [-0.2, -0.15) is 13.2 Å². The first-order chi connectivity index (χ1) is 15.1. The summed E-state index contributed by atoms with van der Waals surface area (Å²) in [6.45, 7) is -0.599. The van der Waals surface area contributed by atoms with Gasteiger partial charge < -0.3 is 15.6 Å². The number of hydrogen-bond acceptors (Lipinski definition) is 5. The third-order valence-electron chi connectivity index (χ3n) is 4.86. The van der Waals surface area contributed by atoms with E-state index < -0.39 is 32.6 Å². The molecule has 0 spiro atoms. The standard InChI is InChI=1S/C21H23Cl2F3NO4P/c22-17-5-1-3-15(19(17)23)4-2-10-30-18-7-6-14(11-16(18)21(24,25)26)8-9-20(27,12-28)13-31-32-29/h1,3,5-7,11,28H,2,4,8-10,12-13,27H2. The van der Waals surface area contributed by atoms with E-state index in [-0.39, 0.29) is 31.8 Å². The van der Waals surface area contributed by atoms with E-state index in [1.165, 1.54) is 12.1 Å². The van der Waals surface area contributed by atoms with Crippen LogP contribution in [0.3, 0.4) is 0 Å². The van der Waals surface area contributed by atoms with Gasteiger partial charge in [0.1, 0.15) is 5.75 Å². The van der Waals surface area contributed by atoms with Crippen molar-refractivity contribution >= 4 is 31.9 Å². The molecule has 0 aromatic heterocycles. The van der Waals surface area contributed by atoms with Crippen LogP contribution >= 0.6 is 31.9 Å². The number of aliphatic hydroxyl groups is 1. The molecule has 1 unspecified atom stereocenters. The highest BCUT2D eigenvalue weighted by Gasteiger charge is 2.35. The SMILES string of the molecule is NC(CO)(CCc1ccc(OCCCc2cccc(Cl)c2Cl)c(C(F)(F)F)c1)COP=O. The molecule has 11 heteroatoms. The lowest BCUT2D eigenvalue weighted by molar-refractivity contribution is -0.139. The van der Waals surface area contributed by atoms with Crippen molar-refractivity contribution in [1.82, 2.24) is 0 Å². The number of aryl methyl sites for hydroxylation is 2. The fourth-order valence-electron chi connectivity index (χ4n) is 3.01. The number of aliphatic hydroxyl groups excluding tert-OH is 1. The zero-order chi connectivity index (χ0) is 23.8. The summed E-state index contributed by atoms with van der Waals surface area (Å²) in [6.07, 6.45) is -3.36. The molecule has 5 nitrogen and oxygen atoms in total. The predicted molar refractivity (Wildman–Crippen MR) is 118 cm³/mol. The van der Waals surface area contributed by atoms with Gasteiger partial charge >= 0.3 is 14.9 Å². The fraction of sp³-hybridized carbons (Fsp3) is 0.429. The van der Waals surface area contributed by atoms with Gasteiger partial charge in [-0.15, -0.1) is 0 Å². The van der Waals surface area contributed by atoms with Crippen LogP contribution in [-0.2, 0) is 28.1 Å². The maximum Gasteiger partial charge on any atom is 0.419 e. The second-order valence-corrected chi connectivity index (χ2v) is 8.55. The van der Waals surface area contributed by atoms with Crippen LogP contribution in [0, 0.1) is 0 Å². The fourth-order valence-corrected chi connectivity index (χ4v) is 3.74. The second kappa shape index (κ2) is 12.2. The highest BCUT2D eigenvalue weighted by Crippen LogP contribution is 2.37. The molecule has 0 aliphatic carbocycles. The Balaban J connectivity index is 2.03. The lowest BCUT2D eigenvalue weighted by atomic mass is 9.93. The van der Waals surface area contributed by atoms with Crippen LogP contribution < -0.4 is 10.5 Å². The Bertz CT molecular complexity index is 917. The first kappa shape index (κ1) is 26.8. The molecule has 176 valence electrons. The van der Waals surface area contributed by atoms with Crippen LogP contribution in [0.1, 0.15) is 29.5 Å². The van der Waals surface area contributed by atoms with E-state index in [0.717, 1.165) is 11.6 Å². The van der Waals surface area contributed by atoms with Crippen molar-refractivity contribution in [3.63, 3.8) is 0 Å². The number of nitrogens with two attached hydrogens (primary N) is 1. The van der Waals surface area contributed by atoms with Gasteiger partial charge in [0.15, 0.2) is 0 Å². The average molecular weight is 512 g/mol. The Morgan fingerprint density at radius 2 is 1.88 bits per heavy atom. The minimum absolute atomic E-state index is 0.0629. The zero-order valence-electron chi connectivity index (χ0n) is 17.0. The van der Waals surface area contributed by atoms with E-state index in [0.29, 0.717) is 28.5 Å². The quantitative estimate of drug-likeness (QED) is 0.275. The summed E-state index contributed by atoms with van der Waals surface area (Å²) in [5.41, 5.74) is 5.01. The molecule has 0 bridgehead atoms. The van der Waals surface area contributed by atoms with Crippen LogP contribution in [0.15, 0.2) is 36.4 Å². The Kier molecular flexibility index (Phi) is 10.2. The van der Waals surface area contributed by atoms with Crippen LogP contribution in [0.25, 0.3) is 0 Å². The largest absolute Gasteiger partial charge is 0.493 e. The van der Waals surface area contributed by atoms with Crippen LogP contribution in [0.2, 0.25) is 10.0 Å². The smallest absolute Gasteiger partial charge is 0.419 e. The molecule has 0 saturated carbocycles. The average Bonchev–Trinajstić information content (AvgIpc) is 2.76. The maximum atomic E-state index is 13.6. The predicted octanol–water partition coefficient (Wildman–Crippen LogP) is 5.87. The molecule has 0 heterocycles. The molecule has 2 rings (SSSR count). The van der Waals surface area contributed by atoms with Crippen LogP contribution in [0.4, 0.5) is 13.2 Å². The summed E-state index contributed by atoms with van der Waals surface area (Å²) in [5, 5.41) is 10.3. The highest BCUT2D eigenvalue weighted by molar-refractivity contribution is 7.17. The number of alkyl halides is 3. The second-order valence-electron chi connectivity index (χ2n) is 7.36. The van der Waals surface area contributed by atoms with Gasteiger partial charge in [-0.05, 0) is 55.0 Å². The van der Waals surface area contributed by atoms with Crippen LogP contribution in [-0.4, -0.2) is 30.5 Å². The molecule has 0 fully saturated rings. The molecule has 0 aliphatic heterocycles. The van der Waals surface area contributed by atoms with Crippen molar-refractivity contribution in [2.24, 2.45) is 5.73 Å². The van der Waals surface area contributed by atoms with Gasteiger partial charge in [0.05, 0.1) is 41.0 Å². The van der Waals surface area contributed by atoms with Crippen molar-refractivity contribution < 1.29 is 32.1 Å². The summed E-state index contributed by atoms with van der Waals surface area (Å²) >= 11 is 12.1. The number of rotatable bonds is 12. The van der Waals surface area contributed by atoms with Gasteiger partial charge in [0.2, 0.25) is 0 Å². The molecule has 3 N–H and O–H groups in total. The molecule has 1 atom stereocenters. The summed E-state index contributed by atoms with van der Waals surface area (Å²) in [5.74, 6) is -0.270. The Hall–Kier alpha value is -1.41. The van der Waals surface area contributed by atoms with E-state index in [2.05, 4.69) is 0 Å². The first-order valence-electron chi connectivity index (χ1n) is 9.70. The molecular weight excluding hydrogens is 489 g/mol. The third kappa shape index (κ3) is 7.87. The topological polar surface area (TPSA) is 81.8 Å². The van der Waals surface area contributed by atoms with Crippen molar-refractivity contribution in [2.45, 2.75) is 37.4 Å². The molecule has 0 amide bonds. The summed E-state index contributed by atoms with van der Waals surface area (Å²) < 4.78 is 61.3. The molecule has 0 radical (unpaired) electrons. The lowest BCUT2D eigenvalue weighted by Crippen LogP contribution is -2.47. The molecule has 2 aromatic carbocycles. The monoisotopic (exact) mass is 511 g/mol. The van der Waals surface area contributed by atoms with Crippen LogP contribution in [0.5, 0.6) is 5.75 Å². The number of benzene rings is 2. The van der Waals surface area contributed by atoms with Crippen molar-refractivity contribution in [3.05, 3.63) is 63.1 Å². The van der Waals surface area contributed by atoms with E-state index in [4.69, 9.17) is 38.2 Å². The van der Waals surface area contributed by atoms with Gasteiger partial charge in [-0.3, -0.25) is 4.52 Å². The number of ether oxygens (including phenoxy) is 1. The number of halogens is 5. The molecule has 32 heavy (non-hydrogen) atoms. The minimum atomic E-state index is -4.61. The van der Waals surface area contributed by atoms with E-state index in [9.17, 15) is 22.8 Å². The normalized spacial score (nSPS) is 13.8. The van der Waals surface area contributed by atoms with Gasteiger partial charge in [-0.25, -0.2) is 4.57 Å². The maximum absolute atomic E-state index is 13.6. The van der Waals surface area contributed by atoms with Crippen molar-refractivity contribution in [1.29, 1.82) is 0 Å². The Labute approximate surface area is 195 Å². The minimum Gasteiger partial charge on any atom is -0.493 e. The highest BCUT2D eigenvalue weighted by atomic mass is 35.5. The summed E-state index contributed by atoms with van der Waals surface area (Å²) in [7, 11) is -0.588. The van der Waals surface area contributed by atoms with Crippen molar-refractivity contribution in [3.8, 4) is 5.75 Å². The molecule has 2 aromatic rings. The van der Waals surface area contributed by atoms with Gasteiger partial charge in [-0.1, -0.05) is 41.4 Å². The first-order valence-corrected chi connectivity index (χ1v) is 11.2. The van der Waals surface area contributed by atoms with Crippen molar-refractivity contribution in [2.75, 3.05) is 19.8 Å². The molecule has 0 aliphatic rings. The van der Waals surface area contributed by atoms with E-state index >= 15 is 0 Å². The Morgan fingerprint density at radius 1 is 1.12 bits per heavy atom. The molecule has 0 saturated heterocycles. The van der Waals surface area contributed by atoms with Gasteiger partial charge in [0, 0.05) is 0 Å². The third-order valence-corrected chi connectivity index (χ3v) is 5.95. The van der Waals surface area contributed by atoms with E-state index in [1.807, 2.05) is 0 Å². The van der Waals surface area contributed by atoms with E-state index in [1.54, 1.807) is 18.2 Å².